The molecule has 1 aliphatic heterocycles. The van der Waals surface area contributed by atoms with Gasteiger partial charge in [-0.2, -0.15) is 0 Å². The molecular weight excluding hydrogens is 378 g/mol. The van der Waals surface area contributed by atoms with Gasteiger partial charge in [-0.25, -0.2) is 9.97 Å². The van der Waals surface area contributed by atoms with Gasteiger partial charge >= 0.3 is 5.97 Å². The third kappa shape index (κ3) is 2.88. The van der Waals surface area contributed by atoms with Gasteiger partial charge in [0.2, 0.25) is 0 Å². The Labute approximate surface area is 168 Å². The fraction of sp³-hybridized carbons (Fsp3) is 0.550. The number of hydrogen-bond acceptors (Lipinski definition) is 5. The second-order valence-electron chi connectivity index (χ2n) is 8.36. The largest absolute Gasteiger partial charge is 0.481 e. The zero-order chi connectivity index (χ0) is 19.4. The molecule has 28 heavy (non-hydrogen) atoms. The number of nitrogens with zero attached hydrogens (tertiary/aromatic N) is 3. The van der Waals surface area contributed by atoms with Crippen LogP contribution in [0, 0.1) is 17.8 Å². The SMILES string of the molecule is CN1CCC(c2nc3ncc(Cl)c(N[C@H]4[C@@H](C(=O)O)[C@@H]5C=C[C@H]4C5)c3[nH]2)CC1. The summed E-state index contributed by atoms with van der Waals surface area (Å²) in [5.41, 5.74) is 2.12. The number of carbonyl (C=O) groups is 1. The molecule has 2 aromatic rings. The first-order valence-electron chi connectivity index (χ1n) is 9.91. The molecule has 5 rings (SSSR count). The molecule has 0 radical (unpaired) electrons. The van der Waals surface area contributed by atoms with Crippen LogP contribution in [0.5, 0.6) is 0 Å². The molecular formula is C20H24ClN5O2. The van der Waals surface area contributed by atoms with Crippen LogP contribution in [0.15, 0.2) is 18.3 Å². The molecule has 3 N–H and O–H groups in total. The molecule has 7 nitrogen and oxygen atoms in total. The van der Waals surface area contributed by atoms with Gasteiger partial charge in [-0.05, 0) is 51.2 Å². The topological polar surface area (TPSA) is 94.1 Å². The number of aliphatic carboxylic acids is 1. The zero-order valence-electron chi connectivity index (χ0n) is 15.7. The number of hydrogen-bond donors (Lipinski definition) is 3. The summed E-state index contributed by atoms with van der Waals surface area (Å²) < 4.78 is 0. The van der Waals surface area contributed by atoms with E-state index in [1.807, 2.05) is 6.08 Å². The maximum atomic E-state index is 11.8. The minimum Gasteiger partial charge on any atom is -0.481 e. The standard InChI is InChI=1S/C20H24ClN5O2/c1-26-6-4-10(5-7-26)18-24-17-16(13(21)9-22-19(17)25-18)23-15-12-3-2-11(8-12)14(15)20(27)28/h2-3,9-12,14-15H,4-8H2,1H3,(H,27,28)(H2,22,23,24,25)/t11-,12+,14+,15-/m1/s1. The zero-order valence-corrected chi connectivity index (χ0v) is 16.5. The van der Waals surface area contributed by atoms with Crippen LogP contribution in [0.1, 0.15) is 31.0 Å². The van der Waals surface area contributed by atoms with Crippen molar-refractivity contribution in [1.82, 2.24) is 19.9 Å². The first kappa shape index (κ1) is 17.9. The van der Waals surface area contributed by atoms with Crippen molar-refractivity contribution >= 4 is 34.4 Å². The maximum Gasteiger partial charge on any atom is 0.309 e. The first-order valence-corrected chi connectivity index (χ1v) is 10.3. The van der Waals surface area contributed by atoms with Crippen molar-refractivity contribution in [3.8, 4) is 0 Å². The summed E-state index contributed by atoms with van der Waals surface area (Å²) in [5.74, 6) is 0.435. The van der Waals surface area contributed by atoms with Crippen LogP contribution in [0.2, 0.25) is 5.02 Å². The third-order valence-corrected chi connectivity index (χ3v) is 6.94. The number of pyridine rings is 1. The lowest BCUT2D eigenvalue weighted by Crippen LogP contribution is -2.37. The Balaban J connectivity index is 1.48. The first-order chi connectivity index (χ1) is 13.5. The number of nitrogens with one attached hydrogen (secondary N) is 2. The number of imidazole rings is 1. The van der Waals surface area contributed by atoms with E-state index in [0.29, 0.717) is 16.6 Å². The number of fused-ring (bicyclic) bond motifs is 3. The summed E-state index contributed by atoms with van der Waals surface area (Å²) >= 11 is 6.48. The average Bonchev–Trinajstić information content (AvgIpc) is 3.38. The molecule has 2 fully saturated rings. The van der Waals surface area contributed by atoms with E-state index in [0.717, 1.165) is 49.4 Å². The Morgan fingerprint density at radius 3 is 2.82 bits per heavy atom. The molecule has 0 aromatic carbocycles. The summed E-state index contributed by atoms with van der Waals surface area (Å²) in [4.78, 5) is 26.7. The number of piperidine rings is 1. The van der Waals surface area contributed by atoms with E-state index >= 15 is 0 Å². The Morgan fingerprint density at radius 1 is 1.32 bits per heavy atom. The van der Waals surface area contributed by atoms with Gasteiger partial charge in [-0.3, -0.25) is 4.79 Å². The number of halogens is 1. The van der Waals surface area contributed by atoms with E-state index in [1.54, 1.807) is 6.20 Å². The van der Waals surface area contributed by atoms with Crippen molar-refractivity contribution in [2.75, 3.05) is 25.5 Å². The van der Waals surface area contributed by atoms with Crippen molar-refractivity contribution in [3.05, 3.63) is 29.2 Å². The number of anilines is 1. The summed E-state index contributed by atoms with van der Waals surface area (Å²) in [6.07, 6.45) is 8.77. The molecule has 148 valence electrons. The van der Waals surface area contributed by atoms with Crippen LogP contribution in [0.4, 0.5) is 5.69 Å². The van der Waals surface area contributed by atoms with Crippen LogP contribution < -0.4 is 5.32 Å². The average molecular weight is 402 g/mol. The Bertz CT molecular complexity index is 949. The molecule has 2 aromatic heterocycles. The summed E-state index contributed by atoms with van der Waals surface area (Å²) in [7, 11) is 2.14. The molecule has 3 heterocycles. The number of allylic oxidation sites excluding steroid dienone is 1. The minimum absolute atomic E-state index is 0.0904. The van der Waals surface area contributed by atoms with Crippen molar-refractivity contribution in [2.45, 2.75) is 31.2 Å². The highest BCUT2D eigenvalue weighted by atomic mass is 35.5. The third-order valence-electron chi connectivity index (χ3n) is 6.65. The van der Waals surface area contributed by atoms with Crippen LogP contribution >= 0.6 is 11.6 Å². The predicted octanol–water partition coefficient (Wildman–Crippen LogP) is 3.11. The molecule has 0 spiro atoms. The molecule has 2 aliphatic carbocycles. The number of H-pyrrole nitrogens is 1. The fourth-order valence-corrected chi connectivity index (χ4v) is 5.29. The van der Waals surface area contributed by atoms with Gasteiger partial charge < -0.3 is 20.3 Å². The van der Waals surface area contributed by atoms with Crippen LogP contribution in [-0.2, 0) is 4.79 Å². The van der Waals surface area contributed by atoms with Gasteiger partial charge in [0.15, 0.2) is 5.65 Å². The van der Waals surface area contributed by atoms with Gasteiger partial charge in [0.05, 0.1) is 22.8 Å². The van der Waals surface area contributed by atoms with Crippen molar-refractivity contribution in [1.29, 1.82) is 0 Å². The Kier molecular flexibility index (Phi) is 4.32. The number of aromatic nitrogens is 3. The van der Waals surface area contributed by atoms with Gasteiger partial charge in [0.1, 0.15) is 11.3 Å². The molecule has 2 bridgehead atoms. The van der Waals surface area contributed by atoms with Crippen molar-refractivity contribution in [2.24, 2.45) is 17.8 Å². The van der Waals surface area contributed by atoms with E-state index in [9.17, 15) is 9.90 Å². The van der Waals surface area contributed by atoms with Crippen LogP contribution in [0.3, 0.4) is 0 Å². The van der Waals surface area contributed by atoms with Gasteiger partial charge in [0.25, 0.3) is 0 Å². The molecule has 4 atom stereocenters. The van der Waals surface area contributed by atoms with E-state index in [4.69, 9.17) is 16.6 Å². The van der Waals surface area contributed by atoms with Crippen LogP contribution in [-0.4, -0.2) is 57.1 Å². The summed E-state index contributed by atoms with van der Waals surface area (Å²) in [6, 6.07) is -0.175. The second-order valence-corrected chi connectivity index (χ2v) is 8.77. The predicted molar refractivity (Wildman–Crippen MR) is 108 cm³/mol. The van der Waals surface area contributed by atoms with Gasteiger partial charge in [0, 0.05) is 12.0 Å². The van der Waals surface area contributed by atoms with Crippen LogP contribution in [0.25, 0.3) is 11.2 Å². The fourth-order valence-electron chi connectivity index (χ4n) is 5.09. The van der Waals surface area contributed by atoms with E-state index in [-0.39, 0.29) is 17.9 Å². The van der Waals surface area contributed by atoms with Crippen molar-refractivity contribution in [3.63, 3.8) is 0 Å². The lowest BCUT2D eigenvalue weighted by molar-refractivity contribution is -0.142. The quantitative estimate of drug-likeness (QED) is 0.681. The molecule has 3 aliphatic rings. The summed E-state index contributed by atoms with van der Waals surface area (Å²) in [5, 5.41) is 13.7. The molecule has 0 unspecified atom stereocenters. The highest BCUT2D eigenvalue weighted by Crippen LogP contribution is 2.46. The van der Waals surface area contributed by atoms with Gasteiger partial charge in [-0.15, -0.1) is 0 Å². The minimum atomic E-state index is -0.757. The maximum absolute atomic E-state index is 11.8. The van der Waals surface area contributed by atoms with E-state index < -0.39 is 11.9 Å². The molecule has 0 amide bonds. The molecule has 1 saturated carbocycles. The van der Waals surface area contributed by atoms with Crippen molar-refractivity contribution < 1.29 is 9.90 Å². The van der Waals surface area contributed by atoms with Gasteiger partial charge in [-0.1, -0.05) is 23.8 Å². The number of likely N-dealkylation sites (tertiary alicyclic amines) is 1. The van der Waals surface area contributed by atoms with E-state index in [2.05, 4.69) is 33.3 Å². The Morgan fingerprint density at radius 2 is 2.07 bits per heavy atom. The number of carboxylic acids is 1. The molecule has 8 heteroatoms. The highest BCUT2D eigenvalue weighted by molar-refractivity contribution is 6.34. The smallest absolute Gasteiger partial charge is 0.309 e. The lowest BCUT2D eigenvalue weighted by atomic mass is 9.89. The number of rotatable bonds is 4. The Hall–Kier alpha value is -2.12. The summed E-state index contributed by atoms with van der Waals surface area (Å²) in [6.45, 7) is 2.11. The molecule has 1 saturated heterocycles. The van der Waals surface area contributed by atoms with E-state index in [1.165, 1.54) is 0 Å². The second kappa shape index (κ2) is 6.74. The number of carboxylic acid groups (broad SMARTS) is 1. The normalized spacial score (nSPS) is 30.4. The highest BCUT2D eigenvalue weighted by Gasteiger charge is 2.48. The monoisotopic (exact) mass is 401 g/mol. The number of aromatic amines is 1. The lowest BCUT2D eigenvalue weighted by Gasteiger charge is -2.27.